The van der Waals surface area contributed by atoms with E-state index < -0.39 is 10.1 Å². The Kier molecular flexibility index (Phi) is 7.08. The maximum absolute atomic E-state index is 10.4. The van der Waals surface area contributed by atoms with Crippen molar-refractivity contribution in [1.29, 1.82) is 0 Å². The summed E-state index contributed by atoms with van der Waals surface area (Å²) in [6, 6.07) is -0.185. The van der Waals surface area contributed by atoms with Gasteiger partial charge in [0.2, 0.25) is 0 Å². The molecule has 1 unspecified atom stereocenters. The molecular weight excluding hydrogens is 206 g/mol. The van der Waals surface area contributed by atoms with Crippen LogP contribution in [0.15, 0.2) is 0 Å². The molecule has 0 heterocycles. The number of rotatable bonds is 8. The molecule has 0 spiro atoms. The van der Waals surface area contributed by atoms with Gasteiger partial charge in [-0.25, -0.2) is 0 Å². The van der Waals surface area contributed by atoms with Gasteiger partial charge in [0.1, 0.15) is 0 Å². The molecule has 0 bridgehead atoms. The van der Waals surface area contributed by atoms with Crippen molar-refractivity contribution in [3.63, 3.8) is 0 Å². The molecule has 0 aromatic rings. The van der Waals surface area contributed by atoms with E-state index >= 15 is 0 Å². The van der Waals surface area contributed by atoms with Gasteiger partial charge in [0.25, 0.3) is 10.1 Å². The second-order valence-electron chi connectivity index (χ2n) is 3.41. The average Bonchev–Trinajstić information content (AvgIpc) is 2.08. The van der Waals surface area contributed by atoms with Crippen molar-refractivity contribution in [1.82, 2.24) is 0 Å². The first kappa shape index (κ1) is 13.8. The lowest BCUT2D eigenvalue weighted by Gasteiger charge is -2.09. The first-order chi connectivity index (χ1) is 6.45. The SMILES string of the molecule is NC(CCCCCO)CCS(=O)(=O)O. The van der Waals surface area contributed by atoms with E-state index in [0.717, 1.165) is 25.7 Å². The molecule has 0 fully saturated rings. The predicted molar refractivity (Wildman–Crippen MR) is 54.6 cm³/mol. The van der Waals surface area contributed by atoms with Crippen molar-refractivity contribution >= 4 is 10.1 Å². The summed E-state index contributed by atoms with van der Waals surface area (Å²) in [5.74, 6) is -0.270. The van der Waals surface area contributed by atoms with E-state index in [1.165, 1.54) is 0 Å². The summed E-state index contributed by atoms with van der Waals surface area (Å²) in [5, 5.41) is 8.50. The topological polar surface area (TPSA) is 101 Å². The monoisotopic (exact) mass is 225 g/mol. The Labute approximate surface area is 85.1 Å². The van der Waals surface area contributed by atoms with Crippen molar-refractivity contribution in [2.75, 3.05) is 12.4 Å². The molecule has 0 aromatic carbocycles. The first-order valence-electron chi connectivity index (χ1n) is 4.77. The number of aliphatic hydroxyl groups is 1. The van der Waals surface area contributed by atoms with Gasteiger partial charge in [-0.1, -0.05) is 12.8 Å². The van der Waals surface area contributed by atoms with Gasteiger partial charge in [0.05, 0.1) is 5.75 Å². The van der Waals surface area contributed by atoms with Crippen LogP contribution in [0.5, 0.6) is 0 Å². The van der Waals surface area contributed by atoms with Gasteiger partial charge < -0.3 is 10.8 Å². The molecule has 0 amide bonds. The minimum absolute atomic E-state index is 0.181. The van der Waals surface area contributed by atoms with E-state index in [-0.39, 0.29) is 24.8 Å². The molecule has 0 saturated carbocycles. The van der Waals surface area contributed by atoms with E-state index in [0.29, 0.717) is 0 Å². The predicted octanol–water partition coefficient (Wildman–Crippen LogP) is 0.144. The molecule has 4 N–H and O–H groups in total. The minimum atomic E-state index is -3.87. The van der Waals surface area contributed by atoms with Crippen molar-refractivity contribution in [2.24, 2.45) is 5.73 Å². The van der Waals surface area contributed by atoms with Gasteiger partial charge in [-0.2, -0.15) is 8.42 Å². The Morgan fingerprint density at radius 3 is 2.29 bits per heavy atom. The van der Waals surface area contributed by atoms with Crippen LogP contribution in [0.4, 0.5) is 0 Å². The standard InChI is InChI=1S/C8H19NO4S/c9-8(4-2-1-3-6-10)5-7-14(11,12)13/h8,10H,1-7,9H2,(H,11,12,13). The molecule has 1 atom stereocenters. The van der Waals surface area contributed by atoms with Gasteiger partial charge in [-0.15, -0.1) is 0 Å². The maximum Gasteiger partial charge on any atom is 0.264 e. The Bertz CT molecular complexity index is 227. The quantitative estimate of drug-likeness (QED) is 0.403. The van der Waals surface area contributed by atoms with Crippen LogP contribution in [0, 0.1) is 0 Å². The van der Waals surface area contributed by atoms with E-state index in [4.69, 9.17) is 15.4 Å². The minimum Gasteiger partial charge on any atom is -0.396 e. The number of hydrogen-bond donors (Lipinski definition) is 3. The summed E-state index contributed by atoms with van der Waals surface area (Å²) in [7, 11) is -3.87. The molecule has 14 heavy (non-hydrogen) atoms. The molecule has 0 aromatic heterocycles. The van der Waals surface area contributed by atoms with Crippen LogP contribution in [0.2, 0.25) is 0 Å². The molecule has 0 aliphatic rings. The summed E-state index contributed by atoms with van der Waals surface area (Å²) < 4.78 is 29.2. The van der Waals surface area contributed by atoms with Gasteiger partial charge in [-0.05, 0) is 19.3 Å². The summed E-state index contributed by atoms with van der Waals surface area (Å²) in [6.45, 7) is 0.181. The van der Waals surface area contributed by atoms with Crippen LogP contribution in [-0.2, 0) is 10.1 Å². The lowest BCUT2D eigenvalue weighted by Crippen LogP contribution is -2.23. The zero-order valence-electron chi connectivity index (χ0n) is 8.22. The van der Waals surface area contributed by atoms with Gasteiger partial charge >= 0.3 is 0 Å². The fraction of sp³-hybridized carbons (Fsp3) is 1.00. The summed E-state index contributed by atoms with van der Waals surface area (Å²) in [6.07, 6.45) is 3.56. The number of hydrogen-bond acceptors (Lipinski definition) is 4. The largest absolute Gasteiger partial charge is 0.396 e. The normalized spacial score (nSPS) is 14.2. The van der Waals surface area contributed by atoms with Crippen LogP contribution in [0.25, 0.3) is 0 Å². The lowest BCUT2D eigenvalue weighted by atomic mass is 10.1. The molecule has 5 nitrogen and oxygen atoms in total. The van der Waals surface area contributed by atoms with Gasteiger partial charge in [-0.3, -0.25) is 4.55 Å². The van der Waals surface area contributed by atoms with E-state index in [1.807, 2.05) is 0 Å². The smallest absolute Gasteiger partial charge is 0.264 e. The molecule has 0 aliphatic heterocycles. The van der Waals surface area contributed by atoms with Gasteiger partial charge in [0.15, 0.2) is 0 Å². The third kappa shape index (κ3) is 9.91. The molecule has 6 heteroatoms. The highest BCUT2D eigenvalue weighted by atomic mass is 32.2. The van der Waals surface area contributed by atoms with Crippen molar-refractivity contribution < 1.29 is 18.1 Å². The third-order valence-corrected chi connectivity index (χ3v) is 2.73. The number of aliphatic hydroxyl groups excluding tert-OH is 1. The highest BCUT2D eigenvalue weighted by Crippen LogP contribution is 2.05. The van der Waals surface area contributed by atoms with Crippen LogP contribution in [0.1, 0.15) is 32.1 Å². The third-order valence-electron chi connectivity index (χ3n) is 1.98. The summed E-state index contributed by atoms with van der Waals surface area (Å²) in [5.41, 5.74) is 5.63. The Morgan fingerprint density at radius 1 is 1.14 bits per heavy atom. The number of nitrogens with two attached hydrogens (primary N) is 1. The fourth-order valence-corrected chi connectivity index (χ4v) is 1.74. The maximum atomic E-state index is 10.4. The summed E-state index contributed by atoms with van der Waals surface area (Å²) in [4.78, 5) is 0. The van der Waals surface area contributed by atoms with E-state index in [1.54, 1.807) is 0 Å². The van der Waals surface area contributed by atoms with E-state index in [2.05, 4.69) is 0 Å². The van der Waals surface area contributed by atoms with Gasteiger partial charge in [0, 0.05) is 12.6 Å². The Balaban J connectivity index is 3.42. The highest BCUT2D eigenvalue weighted by Gasteiger charge is 2.09. The lowest BCUT2D eigenvalue weighted by molar-refractivity contribution is 0.281. The molecule has 0 aliphatic carbocycles. The molecule has 0 rings (SSSR count). The first-order valence-corrected chi connectivity index (χ1v) is 6.38. The Morgan fingerprint density at radius 2 is 1.79 bits per heavy atom. The zero-order valence-corrected chi connectivity index (χ0v) is 9.04. The second-order valence-corrected chi connectivity index (χ2v) is 4.98. The van der Waals surface area contributed by atoms with Crippen LogP contribution >= 0.6 is 0 Å². The molecule has 86 valence electrons. The number of unbranched alkanes of at least 4 members (excludes halogenated alkanes) is 2. The van der Waals surface area contributed by atoms with Crippen LogP contribution in [0.3, 0.4) is 0 Å². The average molecular weight is 225 g/mol. The second kappa shape index (κ2) is 7.17. The van der Waals surface area contributed by atoms with Crippen LogP contribution in [-0.4, -0.2) is 36.5 Å². The van der Waals surface area contributed by atoms with Crippen molar-refractivity contribution in [3.05, 3.63) is 0 Å². The van der Waals surface area contributed by atoms with Crippen molar-refractivity contribution in [2.45, 2.75) is 38.1 Å². The van der Waals surface area contributed by atoms with E-state index in [9.17, 15) is 8.42 Å². The molecule has 0 saturated heterocycles. The molecule has 0 radical (unpaired) electrons. The van der Waals surface area contributed by atoms with Crippen molar-refractivity contribution in [3.8, 4) is 0 Å². The highest BCUT2D eigenvalue weighted by molar-refractivity contribution is 7.85. The Hall–Kier alpha value is -0.170. The fourth-order valence-electron chi connectivity index (χ4n) is 1.14. The molecular formula is C8H19NO4S. The zero-order chi connectivity index (χ0) is 11.0. The summed E-state index contributed by atoms with van der Waals surface area (Å²) >= 11 is 0. The van der Waals surface area contributed by atoms with Crippen LogP contribution < -0.4 is 5.73 Å².